The molecule has 0 radical (unpaired) electrons. The van der Waals surface area contributed by atoms with Gasteiger partial charge in [0.05, 0.1) is 6.04 Å². The maximum atomic E-state index is 13.0. The van der Waals surface area contributed by atoms with Crippen LogP contribution in [-0.2, 0) is 0 Å². The Morgan fingerprint density at radius 2 is 2.00 bits per heavy atom. The van der Waals surface area contributed by atoms with Gasteiger partial charge >= 0.3 is 0 Å². The van der Waals surface area contributed by atoms with Gasteiger partial charge in [0.1, 0.15) is 17.3 Å². The minimum absolute atomic E-state index is 0.126. The van der Waals surface area contributed by atoms with Crippen molar-refractivity contribution in [3.8, 4) is 0 Å². The van der Waals surface area contributed by atoms with Crippen LogP contribution in [0.25, 0.3) is 0 Å². The van der Waals surface area contributed by atoms with Crippen molar-refractivity contribution in [3.63, 3.8) is 0 Å². The van der Waals surface area contributed by atoms with E-state index in [9.17, 15) is 4.39 Å². The predicted molar refractivity (Wildman–Crippen MR) is 79.3 cm³/mol. The van der Waals surface area contributed by atoms with E-state index in [1.165, 1.54) is 12.1 Å². The zero-order valence-electron chi connectivity index (χ0n) is 10.6. The van der Waals surface area contributed by atoms with Gasteiger partial charge in [-0.25, -0.2) is 4.39 Å². The SMILES string of the molecule is Cc1cc(C(C)Nc2ccc(F)cc2I)c(C)o1. The van der Waals surface area contributed by atoms with Crippen LogP contribution in [0.5, 0.6) is 0 Å². The summed E-state index contributed by atoms with van der Waals surface area (Å²) in [4.78, 5) is 0. The molecule has 1 aromatic heterocycles. The molecule has 0 aliphatic heterocycles. The third kappa shape index (κ3) is 2.85. The molecule has 96 valence electrons. The lowest BCUT2D eigenvalue weighted by Crippen LogP contribution is -2.08. The van der Waals surface area contributed by atoms with Gasteiger partial charge in [-0.1, -0.05) is 0 Å². The van der Waals surface area contributed by atoms with Crippen LogP contribution < -0.4 is 5.32 Å². The Balaban J connectivity index is 2.21. The van der Waals surface area contributed by atoms with E-state index in [1.807, 2.05) is 19.9 Å². The highest BCUT2D eigenvalue weighted by molar-refractivity contribution is 14.1. The summed E-state index contributed by atoms with van der Waals surface area (Å²) in [6.45, 7) is 5.96. The first-order valence-electron chi connectivity index (χ1n) is 5.76. The molecule has 0 spiro atoms. The molecule has 0 fully saturated rings. The molecule has 4 heteroatoms. The number of nitrogens with one attached hydrogen (secondary N) is 1. The van der Waals surface area contributed by atoms with Crippen LogP contribution in [0.4, 0.5) is 10.1 Å². The standard InChI is InChI=1S/C14H15FINO/c1-8-6-12(10(3)18-8)9(2)17-14-5-4-11(15)7-13(14)16/h4-7,9,17H,1-3H3. The molecule has 1 unspecified atom stereocenters. The zero-order valence-corrected chi connectivity index (χ0v) is 12.7. The average Bonchev–Trinajstić information content (AvgIpc) is 2.62. The monoisotopic (exact) mass is 359 g/mol. The quantitative estimate of drug-likeness (QED) is 0.796. The van der Waals surface area contributed by atoms with Crippen LogP contribution in [0.1, 0.15) is 30.0 Å². The second-order valence-corrected chi connectivity index (χ2v) is 5.52. The summed E-state index contributed by atoms with van der Waals surface area (Å²) in [7, 11) is 0. The van der Waals surface area contributed by atoms with Crippen LogP contribution in [0.15, 0.2) is 28.7 Å². The zero-order chi connectivity index (χ0) is 13.3. The van der Waals surface area contributed by atoms with E-state index < -0.39 is 0 Å². The molecular formula is C14H15FINO. The fourth-order valence-electron chi connectivity index (χ4n) is 2.00. The Morgan fingerprint density at radius 3 is 2.56 bits per heavy atom. The van der Waals surface area contributed by atoms with Crippen molar-refractivity contribution in [1.82, 2.24) is 0 Å². The third-order valence-electron chi connectivity index (χ3n) is 2.85. The highest BCUT2D eigenvalue weighted by atomic mass is 127. The number of aryl methyl sites for hydroxylation is 2. The molecule has 18 heavy (non-hydrogen) atoms. The minimum atomic E-state index is -0.215. The highest BCUT2D eigenvalue weighted by Gasteiger charge is 2.13. The summed E-state index contributed by atoms with van der Waals surface area (Å²) in [5.41, 5.74) is 2.07. The first kappa shape index (κ1) is 13.4. The Hall–Kier alpha value is -1.04. The van der Waals surface area contributed by atoms with Crippen molar-refractivity contribution in [2.75, 3.05) is 5.32 Å². The molecule has 0 saturated heterocycles. The van der Waals surface area contributed by atoms with Crippen LogP contribution in [-0.4, -0.2) is 0 Å². The molecule has 0 aliphatic carbocycles. The van der Waals surface area contributed by atoms with E-state index in [-0.39, 0.29) is 11.9 Å². The number of furan rings is 1. The summed E-state index contributed by atoms with van der Waals surface area (Å²) < 4.78 is 19.4. The van der Waals surface area contributed by atoms with Gasteiger partial charge in [0.15, 0.2) is 0 Å². The van der Waals surface area contributed by atoms with Crippen LogP contribution >= 0.6 is 22.6 Å². The lowest BCUT2D eigenvalue weighted by atomic mass is 10.1. The van der Waals surface area contributed by atoms with Crippen molar-refractivity contribution in [2.45, 2.75) is 26.8 Å². The summed E-state index contributed by atoms with van der Waals surface area (Å²) in [5, 5.41) is 3.37. The smallest absolute Gasteiger partial charge is 0.124 e. The number of benzene rings is 1. The lowest BCUT2D eigenvalue weighted by molar-refractivity contribution is 0.500. The molecule has 0 bridgehead atoms. The highest BCUT2D eigenvalue weighted by Crippen LogP contribution is 2.27. The normalized spacial score (nSPS) is 12.5. The number of rotatable bonds is 3. The lowest BCUT2D eigenvalue weighted by Gasteiger charge is -2.16. The molecule has 2 rings (SSSR count). The summed E-state index contributed by atoms with van der Waals surface area (Å²) in [6, 6.07) is 6.90. The van der Waals surface area contributed by atoms with Gasteiger partial charge in [-0.3, -0.25) is 0 Å². The Bertz CT molecular complexity index is 565. The number of hydrogen-bond donors (Lipinski definition) is 1. The molecule has 2 nitrogen and oxygen atoms in total. The van der Waals surface area contributed by atoms with Crippen molar-refractivity contribution in [2.24, 2.45) is 0 Å². The summed E-state index contributed by atoms with van der Waals surface area (Å²) >= 11 is 2.13. The maximum Gasteiger partial charge on any atom is 0.124 e. The van der Waals surface area contributed by atoms with Crippen LogP contribution in [0, 0.1) is 23.2 Å². The van der Waals surface area contributed by atoms with Gasteiger partial charge in [-0.15, -0.1) is 0 Å². The van der Waals surface area contributed by atoms with Crippen molar-refractivity contribution < 1.29 is 8.81 Å². The predicted octanol–water partition coefficient (Wildman–Crippen LogP) is 4.81. The number of hydrogen-bond acceptors (Lipinski definition) is 2. The summed E-state index contributed by atoms with van der Waals surface area (Å²) in [5.74, 6) is 1.61. The largest absolute Gasteiger partial charge is 0.466 e. The van der Waals surface area contributed by atoms with Gasteiger partial charge in [-0.2, -0.15) is 0 Å². The van der Waals surface area contributed by atoms with E-state index in [4.69, 9.17) is 4.42 Å². The van der Waals surface area contributed by atoms with Gasteiger partial charge in [0.25, 0.3) is 0 Å². The van der Waals surface area contributed by atoms with Crippen LogP contribution in [0.3, 0.4) is 0 Å². The third-order valence-corrected chi connectivity index (χ3v) is 3.74. The van der Waals surface area contributed by atoms with E-state index in [1.54, 1.807) is 6.07 Å². The van der Waals surface area contributed by atoms with Gasteiger partial charge in [0.2, 0.25) is 0 Å². The number of anilines is 1. The first-order chi connectivity index (χ1) is 8.47. The molecule has 1 aromatic carbocycles. The topological polar surface area (TPSA) is 25.2 Å². The Morgan fingerprint density at radius 1 is 1.28 bits per heavy atom. The van der Waals surface area contributed by atoms with Gasteiger partial charge in [-0.05, 0) is 67.6 Å². The van der Waals surface area contributed by atoms with Gasteiger partial charge in [0, 0.05) is 14.8 Å². The first-order valence-corrected chi connectivity index (χ1v) is 6.84. The second kappa shape index (κ2) is 5.30. The maximum absolute atomic E-state index is 13.0. The molecular weight excluding hydrogens is 344 g/mol. The average molecular weight is 359 g/mol. The van der Waals surface area contributed by atoms with Crippen molar-refractivity contribution >= 4 is 28.3 Å². The van der Waals surface area contributed by atoms with E-state index in [2.05, 4.69) is 34.8 Å². The van der Waals surface area contributed by atoms with Crippen LogP contribution in [0.2, 0.25) is 0 Å². The minimum Gasteiger partial charge on any atom is -0.466 e. The fourth-order valence-corrected chi connectivity index (χ4v) is 2.63. The second-order valence-electron chi connectivity index (χ2n) is 4.36. The van der Waals surface area contributed by atoms with E-state index >= 15 is 0 Å². The molecule has 1 atom stereocenters. The molecule has 0 saturated carbocycles. The Kier molecular flexibility index (Phi) is 3.94. The summed E-state index contributed by atoms with van der Waals surface area (Å²) in [6.07, 6.45) is 0. The van der Waals surface area contributed by atoms with E-state index in [0.717, 1.165) is 26.3 Å². The molecule has 0 aliphatic rings. The molecule has 1 N–H and O–H groups in total. The van der Waals surface area contributed by atoms with Crippen molar-refractivity contribution in [1.29, 1.82) is 0 Å². The van der Waals surface area contributed by atoms with Crippen molar-refractivity contribution in [3.05, 3.63) is 50.7 Å². The Labute approximate surface area is 120 Å². The number of halogens is 2. The fraction of sp³-hybridized carbons (Fsp3) is 0.286. The van der Waals surface area contributed by atoms with Gasteiger partial charge < -0.3 is 9.73 Å². The molecule has 1 heterocycles. The van der Waals surface area contributed by atoms with E-state index in [0.29, 0.717) is 0 Å². The molecule has 2 aromatic rings. The molecule has 0 amide bonds.